The number of rotatable bonds is 5. The van der Waals surface area contributed by atoms with Gasteiger partial charge in [-0.05, 0) is 39.2 Å². The van der Waals surface area contributed by atoms with Crippen molar-refractivity contribution < 1.29 is 23.8 Å². The van der Waals surface area contributed by atoms with Crippen molar-refractivity contribution in [2.45, 2.75) is 57.9 Å². The molecule has 0 spiro atoms. The number of carbonyl (C=O) groups excluding carboxylic acids is 2. The predicted octanol–water partition coefficient (Wildman–Crippen LogP) is 4.75. The van der Waals surface area contributed by atoms with Crippen molar-refractivity contribution >= 4 is 34.0 Å². The number of nitrogens with zero attached hydrogens (tertiary/aromatic N) is 2. The maximum Gasteiger partial charge on any atom is 0.411 e. The molecular weight excluding hydrogens is 478 g/mol. The summed E-state index contributed by atoms with van der Waals surface area (Å²) < 4.78 is 16.8. The van der Waals surface area contributed by atoms with Crippen LogP contribution in [0.2, 0.25) is 0 Å². The summed E-state index contributed by atoms with van der Waals surface area (Å²) in [5.74, 6) is 0.323. The summed E-state index contributed by atoms with van der Waals surface area (Å²) in [5, 5.41) is 2.84. The average Bonchev–Trinajstić information content (AvgIpc) is 2.75. The first-order valence-electron chi connectivity index (χ1n) is 10.3. The van der Waals surface area contributed by atoms with E-state index in [0.29, 0.717) is 18.7 Å². The van der Waals surface area contributed by atoms with Crippen molar-refractivity contribution in [2.75, 3.05) is 13.6 Å². The van der Waals surface area contributed by atoms with Crippen LogP contribution in [0.3, 0.4) is 0 Å². The molecule has 1 aliphatic heterocycles. The quantitative estimate of drug-likeness (QED) is 0.269. The summed E-state index contributed by atoms with van der Waals surface area (Å²) in [6, 6.07) is 8.65. The van der Waals surface area contributed by atoms with Crippen LogP contribution < -0.4 is 5.32 Å². The van der Waals surface area contributed by atoms with Crippen molar-refractivity contribution in [3.8, 4) is 0 Å². The van der Waals surface area contributed by atoms with Crippen molar-refractivity contribution in [2.24, 2.45) is 4.99 Å². The number of alkyl carbamates (subject to hydrolysis) is 1. The zero-order valence-electron chi connectivity index (χ0n) is 18.9. The van der Waals surface area contributed by atoms with E-state index >= 15 is 0 Å². The van der Waals surface area contributed by atoms with Gasteiger partial charge in [0.25, 0.3) is 0 Å². The van der Waals surface area contributed by atoms with Gasteiger partial charge in [0.1, 0.15) is 18.2 Å². The second-order valence-electron chi connectivity index (χ2n) is 8.24. The molecule has 1 saturated heterocycles. The van der Waals surface area contributed by atoms with Crippen LogP contribution in [-0.4, -0.2) is 54.3 Å². The third-order valence-corrected chi connectivity index (χ3v) is 5.03. The van der Waals surface area contributed by atoms with Crippen LogP contribution in [0, 0.1) is 0 Å². The van der Waals surface area contributed by atoms with E-state index in [1.165, 1.54) is 4.90 Å². The topological polar surface area (TPSA) is 89.5 Å². The van der Waals surface area contributed by atoms with Crippen molar-refractivity contribution in [1.82, 2.24) is 10.2 Å². The van der Waals surface area contributed by atoms with E-state index in [-0.39, 0.29) is 23.9 Å². The molecule has 0 aliphatic carbocycles. The monoisotopic (exact) mass is 507 g/mol. The number of likely N-dealkylation sites (tertiary alicyclic amines) is 1. The van der Waals surface area contributed by atoms with E-state index in [1.807, 2.05) is 30.3 Å². The Balaban J connectivity index is 2.08. The normalized spacial score (nSPS) is 18.9. The Bertz CT molecular complexity index is 875. The maximum atomic E-state index is 12.9. The van der Waals surface area contributed by atoms with Crippen LogP contribution in [0.15, 0.2) is 52.3 Å². The summed E-state index contributed by atoms with van der Waals surface area (Å²) in [7, 11) is 1.58. The molecule has 0 bridgehead atoms. The lowest BCUT2D eigenvalue weighted by Crippen LogP contribution is -2.57. The fourth-order valence-electron chi connectivity index (χ4n) is 3.19. The van der Waals surface area contributed by atoms with Crippen molar-refractivity contribution in [3.63, 3.8) is 0 Å². The molecule has 0 radical (unpaired) electrons. The van der Waals surface area contributed by atoms with Gasteiger partial charge in [0.05, 0.1) is 6.04 Å². The molecule has 1 heterocycles. The molecule has 1 aromatic carbocycles. The summed E-state index contributed by atoms with van der Waals surface area (Å²) in [5.41, 5.74) is 2.80. The molecular formula is C23H30BrN3O5. The predicted molar refractivity (Wildman–Crippen MR) is 126 cm³/mol. The summed E-state index contributed by atoms with van der Waals surface area (Å²) in [6.45, 7) is 9.29. The molecule has 2 rings (SSSR count). The fourth-order valence-corrected chi connectivity index (χ4v) is 3.36. The molecule has 1 N–H and O–H groups in total. The highest BCUT2D eigenvalue weighted by atomic mass is 79.9. The van der Waals surface area contributed by atoms with Crippen LogP contribution in [-0.2, 0) is 20.8 Å². The van der Waals surface area contributed by atoms with E-state index in [2.05, 4.69) is 38.5 Å². The number of ether oxygens (including phenoxy) is 3. The van der Waals surface area contributed by atoms with E-state index in [0.717, 1.165) is 5.56 Å². The first-order chi connectivity index (χ1) is 15.1. The number of amides is 2. The minimum Gasteiger partial charge on any atom is -0.445 e. The number of benzene rings is 1. The van der Waals surface area contributed by atoms with Gasteiger partial charge < -0.3 is 19.5 Å². The van der Waals surface area contributed by atoms with Crippen LogP contribution in [0.1, 0.15) is 39.2 Å². The van der Waals surface area contributed by atoms with Gasteiger partial charge in [-0.2, -0.15) is 0 Å². The first-order valence-corrected chi connectivity index (χ1v) is 11.1. The third kappa shape index (κ3) is 8.05. The lowest BCUT2D eigenvalue weighted by Gasteiger charge is -2.39. The summed E-state index contributed by atoms with van der Waals surface area (Å²) >= 11 is 3.20. The first kappa shape index (κ1) is 25.5. The van der Waals surface area contributed by atoms with Gasteiger partial charge in [0.15, 0.2) is 0 Å². The number of aliphatic imine (C=N–C) groups is 1. The van der Waals surface area contributed by atoms with Crippen LogP contribution >= 0.6 is 15.9 Å². The van der Waals surface area contributed by atoms with Crippen LogP contribution in [0.4, 0.5) is 9.59 Å². The standard InChI is InChI=1S/C23H30BrN3O5/c1-6-19(24)31-20(25-5)18-13-12-17(14-27(18)22(29)32-23(2,3)4)26-21(28)30-15-16-10-8-7-9-11-16/h7-11,17-18H,1,12-15H2,2-5H3,(H,26,28)/t17-,18+/m0/s1. The van der Waals surface area contributed by atoms with E-state index in [1.54, 1.807) is 27.8 Å². The van der Waals surface area contributed by atoms with E-state index in [9.17, 15) is 9.59 Å². The summed E-state index contributed by atoms with van der Waals surface area (Å²) in [6.07, 6.45) is 0.0457. The molecule has 2 amide bonds. The average molecular weight is 508 g/mol. The second-order valence-corrected chi connectivity index (χ2v) is 8.96. The fraction of sp³-hybridized carbons (Fsp3) is 0.478. The van der Waals surface area contributed by atoms with Gasteiger partial charge in [-0.25, -0.2) is 9.59 Å². The molecule has 9 heteroatoms. The molecule has 8 nitrogen and oxygen atoms in total. The smallest absolute Gasteiger partial charge is 0.411 e. The Kier molecular flexibility index (Phi) is 9.35. The highest BCUT2D eigenvalue weighted by Gasteiger charge is 2.38. The Morgan fingerprint density at radius 3 is 2.56 bits per heavy atom. The zero-order chi connectivity index (χ0) is 23.7. The van der Waals surface area contributed by atoms with Crippen LogP contribution in [0.5, 0.6) is 0 Å². The molecule has 0 aromatic heterocycles. The van der Waals surface area contributed by atoms with E-state index in [4.69, 9.17) is 14.2 Å². The molecule has 174 valence electrons. The highest BCUT2D eigenvalue weighted by Crippen LogP contribution is 2.24. The summed E-state index contributed by atoms with van der Waals surface area (Å²) in [4.78, 5) is 31.0. The van der Waals surface area contributed by atoms with Crippen LogP contribution in [0.25, 0.3) is 0 Å². The highest BCUT2D eigenvalue weighted by molar-refractivity contribution is 9.11. The van der Waals surface area contributed by atoms with Gasteiger partial charge >= 0.3 is 12.2 Å². The molecule has 32 heavy (non-hydrogen) atoms. The molecule has 2 atom stereocenters. The van der Waals surface area contributed by atoms with Crippen molar-refractivity contribution in [1.29, 1.82) is 0 Å². The van der Waals surface area contributed by atoms with Gasteiger partial charge in [-0.3, -0.25) is 9.89 Å². The Morgan fingerprint density at radius 1 is 1.28 bits per heavy atom. The number of carbonyl (C=O) groups is 2. The number of hydrogen-bond donors (Lipinski definition) is 1. The van der Waals surface area contributed by atoms with Crippen molar-refractivity contribution in [3.05, 3.63) is 52.9 Å². The minimum atomic E-state index is -0.678. The number of piperidine rings is 1. The number of hydrogen-bond acceptors (Lipinski definition) is 6. The second kappa shape index (κ2) is 11.7. The van der Waals surface area contributed by atoms with E-state index < -0.39 is 23.8 Å². The SMILES string of the molecule is C=C=C(Br)OC(=NC)[C@H]1CC[C@H](NC(=O)OCc2ccccc2)CN1C(=O)OC(C)(C)C. The Morgan fingerprint density at radius 2 is 1.97 bits per heavy atom. The molecule has 0 unspecified atom stereocenters. The zero-order valence-corrected chi connectivity index (χ0v) is 20.5. The lowest BCUT2D eigenvalue weighted by atomic mass is 9.98. The minimum absolute atomic E-state index is 0.167. The Labute approximate surface area is 197 Å². The van der Waals surface area contributed by atoms with Gasteiger partial charge in [-0.1, -0.05) is 42.6 Å². The largest absolute Gasteiger partial charge is 0.445 e. The number of halogens is 1. The molecule has 1 aromatic rings. The third-order valence-electron chi connectivity index (χ3n) is 4.58. The van der Waals surface area contributed by atoms with Gasteiger partial charge in [-0.15, -0.1) is 0 Å². The van der Waals surface area contributed by atoms with Gasteiger partial charge in [0.2, 0.25) is 10.6 Å². The lowest BCUT2D eigenvalue weighted by molar-refractivity contribution is 0.0113. The molecule has 0 saturated carbocycles. The Hall–Kier alpha value is -2.77. The maximum absolute atomic E-state index is 12.9. The van der Waals surface area contributed by atoms with Gasteiger partial charge in [0, 0.05) is 29.5 Å². The molecule has 1 fully saturated rings. The molecule has 1 aliphatic rings. The number of nitrogens with one attached hydrogen (secondary N) is 1.